The van der Waals surface area contributed by atoms with Gasteiger partial charge >= 0.3 is 6.09 Å². The molecule has 0 unspecified atom stereocenters. The van der Waals surface area contributed by atoms with Crippen LogP contribution in [-0.2, 0) is 14.2 Å². The van der Waals surface area contributed by atoms with E-state index in [-0.39, 0.29) is 0 Å². The standard InChI is InChI=1S/C26H33N3O4/c1-5-15-31-17-18-32-16-14-29(25(30)33-26(2,3)4)24-13-11-21(19-27-24)23-12-10-20-8-6-7-9-22(20)28-23/h6-13,19H,5,14-18H2,1-4H3. The number of hydrogen-bond acceptors (Lipinski definition) is 6. The number of carbonyl (C=O) groups excluding carboxylic acids is 1. The number of rotatable bonds is 10. The molecule has 0 N–H and O–H groups in total. The molecule has 0 radical (unpaired) electrons. The van der Waals surface area contributed by atoms with Crippen molar-refractivity contribution in [2.24, 2.45) is 0 Å². The lowest BCUT2D eigenvalue weighted by Gasteiger charge is -2.26. The summed E-state index contributed by atoms with van der Waals surface area (Å²) in [5, 5.41) is 1.09. The van der Waals surface area contributed by atoms with Crippen molar-refractivity contribution in [3.05, 3.63) is 54.7 Å². The Hall–Kier alpha value is -3.03. The van der Waals surface area contributed by atoms with Crippen molar-refractivity contribution in [2.45, 2.75) is 39.7 Å². The van der Waals surface area contributed by atoms with Gasteiger partial charge in [0.1, 0.15) is 11.4 Å². The van der Waals surface area contributed by atoms with Crippen LogP contribution < -0.4 is 4.90 Å². The zero-order valence-corrected chi connectivity index (χ0v) is 19.9. The highest BCUT2D eigenvalue weighted by Crippen LogP contribution is 2.23. The number of benzene rings is 1. The third-order valence-corrected chi connectivity index (χ3v) is 4.71. The van der Waals surface area contributed by atoms with Gasteiger partial charge in [-0.25, -0.2) is 14.8 Å². The molecule has 1 aromatic carbocycles. The van der Waals surface area contributed by atoms with Gasteiger partial charge in [0.05, 0.1) is 37.6 Å². The molecule has 176 valence electrons. The van der Waals surface area contributed by atoms with E-state index in [9.17, 15) is 4.79 Å². The van der Waals surface area contributed by atoms with Crippen LogP contribution in [0, 0.1) is 0 Å². The summed E-state index contributed by atoms with van der Waals surface area (Å²) in [5.41, 5.74) is 2.01. The van der Waals surface area contributed by atoms with Gasteiger partial charge in [0.15, 0.2) is 0 Å². The molecule has 7 heteroatoms. The van der Waals surface area contributed by atoms with Crippen molar-refractivity contribution in [2.75, 3.05) is 37.9 Å². The molecule has 0 aliphatic heterocycles. The number of ether oxygens (including phenoxy) is 3. The Labute approximate surface area is 195 Å². The van der Waals surface area contributed by atoms with Crippen LogP contribution in [0.2, 0.25) is 0 Å². The van der Waals surface area contributed by atoms with Crippen LogP contribution >= 0.6 is 0 Å². The van der Waals surface area contributed by atoms with Crippen LogP contribution in [0.5, 0.6) is 0 Å². The van der Waals surface area contributed by atoms with Gasteiger partial charge in [-0.3, -0.25) is 4.90 Å². The number of amides is 1. The molecule has 0 fully saturated rings. The normalized spacial score (nSPS) is 11.5. The third-order valence-electron chi connectivity index (χ3n) is 4.71. The fourth-order valence-corrected chi connectivity index (χ4v) is 3.16. The molecule has 0 aliphatic rings. The van der Waals surface area contributed by atoms with Crippen molar-refractivity contribution in [1.29, 1.82) is 0 Å². The van der Waals surface area contributed by atoms with Gasteiger partial charge in [-0.1, -0.05) is 31.2 Å². The minimum atomic E-state index is -0.612. The van der Waals surface area contributed by atoms with E-state index >= 15 is 0 Å². The molecule has 3 rings (SSSR count). The Morgan fingerprint density at radius 3 is 2.39 bits per heavy atom. The highest BCUT2D eigenvalue weighted by molar-refractivity contribution is 5.87. The summed E-state index contributed by atoms with van der Waals surface area (Å²) < 4.78 is 16.6. The molecule has 0 spiro atoms. The van der Waals surface area contributed by atoms with E-state index in [1.165, 1.54) is 4.90 Å². The molecule has 2 heterocycles. The maximum absolute atomic E-state index is 12.8. The molecule has 3 aromatic rings. The highest BCUT2D eigenvalue weighted by Gasteiger charge is 2.24. The summed E-state index contributed by atoms with van der Waals surface area (Å²) in [4.78, 5) is 23.6. The Bertz CT molecular complexity index is 1030. The lowest BCUT2D eigenvalue weighted by molar-refractivity contribution is 0.0446. The van der Waals surface area contributed by atoms with Crippen LogP contribution in [0.15, 0.2) is 54.7 Å². The molecule has 0 bridgehead atoms. The number of pyridine rings is 2. The Balaban J connectivity index is 1.71. The van der Waals surface area contributed by atoms with Gasteiger partial charge in [-0.15, -0.1) is 0 Å². The summed E-state index contributed by atoms with van der Waals surface area (Å²) in [6.45, 7) is 9.98. The lowest BCUT2D eigenvalue weighted by Crippen LogP contribution is -2.39. The van der Waals surface area contributed by atoms with Gasteiger partial charge in [0.25, 0.3) is 0 Å². The van der Waals surface area contributed by atoms with Gasteiger partial charge in [-0.2, -0.15) is 0 Å². The first-order valence-corrected chi connectivity index (χ1v) is 11.4. The van der Waals surface area contributed by atoms with Crippen molar-refractivity contribution < 1.29 is 19.0 Å². The van der Waals surface area contributed by atoms with E-state index in [4.69, 9.17) is 19.2 Å². The van der Waals surface area contributed by atoms with E-state index in [2.05, 4.69) is 11.9 Å². The zero-order chi connectivity index (χ0) is 23.7. The first-order chi connectivity index (χ1) is 15.9. The molecular weight excluding hydrogens is 418 g/mol. The van der Waals surface area contributed by atoms with Crippen molar-refractivity contribution >= 4 is 22.8 Å². The summed E-state index contributed by atoms with van der Waals surface area (Å²) in [6.07, 6.45) is 2.24. The number of carbonyl (C=O) groups is 1. The maximum Gasteiger partial charge on any atom is 0.416 e. The van der Waals surface area contributed by atoms with Crippen LogP contribution in [0.4, 0.5) is 10.6 Å². The number of fused-ring (bicyclic) bond motifs is 1. The second-order valence-electron chi connectivity index (χ2n) is 8.65. The fraction of sp³-hybridized carbons (Fsp3) is 0.423. The summed E-state index contributed by atoms with van der Waals surface area (Å²) >= 11 is 0. The minimum Gasteiger partial charge on any atom is -0.443 e. The number of para-hydroxylation sites is 1. The second kappa shape index (κ2) is 11.7. The lowest BCUT2D eigenvalue weighted by atomic mass is 10.1. The highest BCUT2D eigenvalue weighted by atomic mass is 16.6. The van der Waals surface area contributed by atoms with Crippen molar-refractivity contribution in [1.82, 2.24) is 9.97 Å². The second-order valence-corrected chi connectivity index (χ2v) is 8.65. The first kappa shape index (κ1) is 24.6. The largest absolute Gasteiger partial charge is 0.443 e. The van der Waals surface area contributed by atoms with Gasteiger partial charge < -0.3 is 14.2 Å². The summed E-state index contributed by atoms with van der Waals surface area (Å²) in [5.74, 6) is 0.500. The Kier molecular flexibility index (Phi) is 8.74. The van der Waals surface area contributed by atoms with Crippen LogP contribution in [0.25, 0.3) is 22.2 Å². The number of aromatic nitrogens is 2. The molecule has 0 saturated heterocycles. The zero-order valence-electron chi connectivity index (χ0n) is 19.9. The van der Waals surface area contributed by atoms with Gasteiger partial charge in [0, 0.05) is 23.8 Å². The van der Waals surface area contributed by atoms with Gasteiger partial charge in [0.2, 0.25) is 0 Å². The fourth-order valence-electron chi connectivity index (χ4n) is 3.16. The predicted octanol–water partition coefficient (Wildman–Crippen LogP) is 5.48. The number of nitrogens with zero attached hydrogens (tertiary/aromatic N) is 3. The molecular formula is C26H33N3O4. The molecule has 33 heavy (non-hydrogen) atoms. The SMILES string of the molecule is CCCOCCOCCN(C(=O)OC(C)(C)C)c1ccc(-c2ccc3ccccc3n2)cn1. The van der Waals surface area contributed by atoms with Crippen LogP contribution in [-0.4, -0.2) is 54.6 Å². The van der Waals surface area contributed by atoms with E-state index < -0.39 is 11.7 Å². The van der Waals surface area contributed by atoms with E-state index in [1.54, 1.807) is 12.3 Å². The summed E-state index contributed by atoms with van der Waals surface area (Å²) in [7, 11) is 0. The molecule has 2 aromatic heterocycles. The quantitative estimate of drug-likeness (QED) is 0.380. The Morgan fingerprint density at radius 1 is 0.939 bits per heavy atom. The average molecular weight is 452 g/mol. The smallest absolute Gasteiger partial charge is 0.416 e. The molecule has 0 atom stereocenters. The average Bonchev–Trinajstić information content (AvgIpc) is 2.79. The molecule has 7 nitrogen and oxygen atoms in total. The number of anilines is 1. The molecule has 0 saturated carbocycles. The Morgan fingerprint density at radius 2 is 1.70 bits per heavy atom. The monoisotopic (exact) mass is 451 g/mol. The topological polar surface area (TPSA) is 73.8 Å². The minimum absolute atomic E-state index is 0.323. The van der Waals surface area contributed by atoms with Crippen LogP contribution in [0.1, 0.15) is 34.1 Å². The predicted molar refractivity (Wildman–Crippen MR) is 130 cm³/mol. The maximum atomic E-state index is 12.8. The van der Waals surface area contributed by atoms with Crippen molar-refractivity contribution in [3.63, 3.8) is 0 Å². The number of hydrogen-bond donors (Lipinski definition) is 0. The van der Waals surface area contributed by atoms with Gasteiger partial charge in [-0.05, 0) is 51.5 Å². The first-order valence-electron chi connectivity index (χ1n) is 11.4. The third kappa shape index (κ3) is 7.51. The van der Waals surface area contributed by atoms with E-state index in [1.807, 2.05) is 63.2 Å². The molecule has 1 amide bonds. The van der Waals surface area contributed by atoms with Crippen molar-refractivity contribution in [3.8, 4) is 11.3 Å². The summed E-state index contributed by atoms with van der Waals surface area (Å²) in [6, 6.07) is 15.7. The molecule has 0 aliphatic carbocycles. The van der Waals surface area contributed by atoms with E-state index in [0.717, 1.165) is 35.2 Å². The van der Waals surface area contributed by atoms with Crippen LogP contribution in [0.3, 0.4) is 0 Å². The van der Waals surface area contributed by atoms with E-state index in [0.29, 0.717) is 32.2 Å².